The van der Waals surface area contributed by atoms with Crippen LogP contribution in [-0.4, -0.2) is 15.5 Å². The van der Waals surface area contributed by atoms with Gasteiger partial charge in [0, 0.05) is 22.3 Å². The summed E-state index contributed by atoms with van der Waals surface area (Å²) in [6.45, 7) is 1.56. The van der Waals surface area contributed by atoms with Crippen molar-refractivity contribution in [1.29, 1.82) is 0 Å². The summed E-state index contributed by atoms with van der Waals surface area (Å²) >= 11 is 6.01. The van der Waals surface area contributed by atoms with Gasteiger partial charge in [-0.2, -0.15) is 13.2 Å². The molecule has 0 fully saturated rings. The van der Waals surface area contributed by atoms with Gasteiger partial charge in [0.05, 0.1) is 17.6 Å². The minimum absolute atomic E-state index is 0.214. The van der Waals surface area contributed by atoms with Gasteiger partial charge in [-0.15, -0.1) is 0 Å². The van der Waals surface area contributed by atoms with Crippen LogP contribution in [0.25, 0.3) is 11.3 Å². The van der Waals surface area contributed by atoms with E-state index in [0.29, 0.717) is 16.3 Å². The quantitative estimate of drug-likeness (QED) is 0.673. The lowest BCUT2D eigenvalue weighted by Gasteiger charge is -2.10. The third-order valence-electron chi connectivity index (χ3n) is 4.16. The summed E-state index contributed by atoms with van der Waals surface area (Å²) in [5.41, 5.74) is 0.637. The highest BCUT2D eigenvalue weighted by atomic mass is 35.5. The third-order valence-corrected chi connectivity index (χ3v) is 4.56. The molecule has 1 amide bonds. The second kappa shape index (κ2) is 8.08. The molecule has 150 valence electrons. The average molecular weight is 422 g/mol. The summed E-state index contributed by atoms with van der Waals surface area (Å²) in [6, 6.07) is 10.5. The molecule has 1 heterocycles. The van der Waals surface area contributed by atoms with Gasteiger partial charge < -0.3 is 5.32 Å². The number of benzene rings is 2. The normalized spacial score (nSPS) is 11.3. The fraction of sp³-hybridized carbons (Fsp3) is 0.150. The predicted octanol–water partition coefficient (Wildman–Crippen LogP) is 4.53. The van der Waals surface area contributed by atoms with Crippen LogP contribution in [0.4, 0.5) is 18.9 Å². The van der Waals surface area contributed by atoms with Gasteiger partial charge >= 0.3 is 6.18 Å². The number of amides is 1. The van der Waals surface area contributed by atoms with Crippen molar-refractivity contribution in [1.82, 2.24) is 9.55 Å². The van der Waals surface area contributed by atoms with Crippen LogP contribution >= 0.6 is 11.6 Å². The molecule has 0 spiro atoms. The molecular weight excluding hydrogens is 407 g/mol. The molecule has 0 radical (unpaired) electrons. The topological polar surface area (TPSA) is 64.0 Å². The number of nitrogens with zero attached hydrogens (tertiary/aromatic N) is 2. The van der Waals surface area contributed by atoms with Crippen molar-refractivity contribution in [3.8, 4) is 11.3 Å². The predicted molar refractivity (Wildman–Crippen MR) is 104 cm³/mol. The molecule has 1 N–H and O–H groups in total. The molecule has 0 aliphatic carbocycles. The van der Waals surface area contributed by atoms with Crippen molar-refractivity contribution in [2.75, 3.05) is 5.32 Å². The highest BCUT2D eigenvalue weighted by Gasteiger charge is 2.30. The Morgan fingerprint density at radius 1 is 1.14 bits per heavy atom. The van der Waals surface area contributed by atoms with E-state index in [-0.39, 0.29) is 12.2 Å². The van der Waals surface area contributed by atoms with E-state index < -0.39 is 23.2 Å². The number of halogens is 4. The number of nitrogens with one attached hydrogen (secondary N) is 1. The molecule has 0 bridgehead atoms. The first-order chi connectivity index (χ1) is 13.6. The fourth-order valence-corrected chi connectivity index (χ4v) is 2.74. The van der Waals surface area contributed by atoms with Crippen LogP contribution in [0.2, 0.25) is 5.02 Å². The van der Waals surface area contributed by atoms with Crippen LogP contribution in [-0.2, 0) is 17.5 Å². The number of anilines is 1. The third kappa shape index (κ3) is 5.03. The zero-order chi connectivity index (χ0) is 21.2. The lowest BCUT2D eigenvalue weighted by Crippen LogP contribution is -2.27. The second-order valence-corrected chi connectivity index (χ2v) is 6.73. The summed E-state index contributed by atoms with van der Waals surface area (Å²) in [6.07, 6.45) is -3.26. The largest absolute Gasteiger partial charge is 0.416 e. The van der Waals surface area contributed by atoms with E-state index >= 15 is 0 Å². The molecule has 3 rings (SSSR count). The molecule has 0 atom stereocenters. The monoisotopic (exact) mass is 421 g/mol. The van der Waals surface area contributed by atoms with Crippen molar-refractivity contribution >= 4 is 23.2 Å². The number of alkyl halides is 3. The van der Waals surface area contributed by atoms with Gasteiger partial charge in [-0.25, -0.2) is 4.98 Å². The maximum absolute atomic E-state index is 12.6. The van der Waals surface area contributed by atoms with Gasteiger partial charge in [0.2, 0.25) is 5.91 Å². The zero-order valence-electron chi connectivity index (χ0n) is 15.1. The Morgan fingerprint density at radius 2 is 1.83 bits per heavy atom. The number of hydrogen-bond acceptors (Lipinski definition) is 3. The van der Waals surface area contributed by atoms with E-state index in [1.807, 2.05) is 6.92 Å². The lowest BCUT2D eigenvalue weighted by molar-refractivity contribution is -0.137. The van der Waals surface area contributed by atoms with E-state index in [2.05, 4.69) is 10.3 Å². The van der Waals surface area contributed by atoms with Crippen LogP contribution < -0.4 is 10.9 Å². The van der Waals surface area contributed by atoms with E-state index in [0.717, 1.165) is 22.3 Å². The van der Waals surface area contributed by atoms with Crippen molar-refractivity contribution in [3.63, 3.8) is 0 Å². The molecule has 0 unspecified atom stereocenters. The summed E-state index contributed by atoms with van der Waals surface area (Å²) < 4.78 is 39.0. The maximum atomic E-state index is 12.6. The van der Waals surface area contributed by atoms with E-state index in [1.54, 1.807) is 18.2 Å². The number of aryl methyl sites for hydroxylation is 1. The molecule has 9 heteroatoms. The molecule has 2 aromatic carbocycles. The zero-order valence-corrected chi connectivity index (χ0v) is 15.9. The van der Waals surface area contributed by atoms with Crippen LogP contribution in [0.3, 0.4) is 0 Å². The highest BCUT2D eigenvalue weighted by molar-refractivity contribution is 6.31. The number of carbonyl (C=O) groups is 1. The van der Waals surface area contributed by atoms with E-state index in [1.165, 1.54) is 24.5 Å². The van der Waals surface area contributed by atoms with Gasteiger partial charge in [0.15, 0.2) is 0 Å². The molecule has 0 saturated carbocycles. The maximum Gasteiger partial charge on any atom is 0.416 e. The molecular formula is C20H15ClF3N3O2. The molecule has 0 saturated heterocycles. The molecule has 0 aliphatic rings. The highest BCUT2D eigenvalue weighted by Crippen LogP contribution is 2.30. The molecule has 1 aromatic heterocycles. The van der Waals surface area contributed by atoms with Gasteiger partial charge in [0.25, 0.3) is 5.56 Å². The SMILES string of the molecule is Cc1ccc(NC(=O)Cn2cnc(-c3ccc(C(F)(F)F)cc3)cc2=O)cc1Cl. The first kappa shape index (κ1) is 20.6. The van der Waals surface area contributed by atoms with Gasteiger partial charge in [0.1, 0.15) is 6.54 Å². The fourth-order valence-electron chi connectivity index (χ4n) is 2.56. The summed E-state index contributed by atoms with van der Waals surface area (Å²) in [5.74, 6) is -0.448. The Morgan fingerprint density at radius 3 is 2.41 bits per heavy atom. The van der Waals surface area contributed by atoms with Crippen molar-refractivity contribution in [2.45, 2.75) is 19.6 Å². The molecule has 0 aliphatic heterocycles. The first-order valence-electron chi connectivity index (χ1n) is 8.43. The lowest BCUT2D eigenvalue weighted by atomic mass is 10.1. The van der Waals surface area contributed by atoms with Gasteiger partial charge in [-0.05, 0) is 36.8 Å². The molecule has 3 aromatic rings. The van der Waals surface area contributed by atoms with Crippen LogP contribution in [0, 0.1) is 6.92 Å². The number of rotatable bonds is 4. The Hall–Kier alpha value is -3.13. The Kier molecular flexibility index (Phi) is 5.74. The van der Waals surface area contributed by atoms with E-state index in [9.17, 15) is 22.8 Å². The Labute approximate surface area is 168 Å². The minimum Gasteiger partial charge on any atom is -0.324 e. The van der Waals surface area contributed by atoms with Gasteiger partial charge in [-0.1, -0.05) is 29.8 Å². The van der Waals surface area contributed by atoms with Gasteiger partial charge in [-0.3, -0.25) is 14.2 Å². The smallest absolute Gasteiger partial charge is 0.324 e. The first-order valence-corrected chi connectivity index (χ1v) is 8.81. The average Bonchev–Trinajstić information content (AvgIpc) is 2.66. The van der Waals surface area contributed by atoms with Crippen molar-refractivity contribution in [3.05, 3.63) is 81.4 Å². The number of carbonyl (C=O) groups excluding carboxylic acids is 1. The number of hydrogen-bond donors (Lipinski definition) is 1. The number of aromatic nitrogens is 2. The second-order valence-electron chi connectivity index (χ2n) is 6.33. The van der Waals surface area contributed by atoms with Crippen molar-refractivity contribution in [2.24, 2.45) is 0 Å². The van der Waals surface area contributed by atoms with Crippen molar-refractivity contribution < 1.29 is 18.0 Å². The Bertz CT molecular complexity index is 1110. The van der Waals surface area contributed by atoms with Crippen LogP contribution in [0.15, 0.2) is 59.7 Å². The minimum atomic E-state index is -4.44. The summed E-state index contributed by atoms with van der Waals surface area (Å²) in [4.78, 5) is 28.5. The standard InChI is InChI=1S/C20H15ClF3N3O2/c1-12-2-7-15(8-16(12)21)26-18(28)10-27-11-25-17(9-19(27)29)13-3-5-14(6-4-13)20(22,23)24/h2-9,11H,10H2,1H3,(H,26,28). The Balaban J connectivity index is 1.73. The van der Waals surface area contributed by atoms with Crippen LogP contribution in [0.1, 0.15) is 11.1 Å². The summed E-state index contributed by atoms with van der Waals surface area (Å²) in [7, 11) is 0. The molecule has 29 heavy (non-hydrogen) atoms. The summed E-state index contributed by atoms with van der Waals surface area (Å²) in [5, 5.41) is 3.14. The van der Waals surface area contributed by atoms with Crippen LogP contribution in [0.5, 0.6) is 0 Å². The molecule has 5 nitrogen and oxygen atoms in total. The van der Waals surface area contributed by atoms with E-state index in [4.69, 9.17) is 11.6 Å².